The Bertz CT molecular complexity index is 1540. The largest absolute Gasteiger partial charge is 0.480 e. The lowest BCUT2D eigenvalue weighted by Crippen LogP contribution is -2.59. The maximum absolute atomic E-state index is 10.0. The summed E-state index contributed by atoms with van der Waals surface area (Å²) in [6.07, 6.45) is 3.37. The van der Waals surface area contributed by atoms with E-state index in [9.17, 15) is 5.11 Å². The monoisotopic (exact) mass is 580 g/mol. The van der Waals surface area contributed by atoms with Crippen molar-refractivity contribution in [3.8, 4) is 45.4 Å². The van der Waals surface area contributed by atoms with Gasteiger partial charge in [0, 0.05) is 48.4 Å². The fourth-order valence-corrected chi connectivity index (χ4v) is 5.54. The number of β-amino-alcohol motifs (C(OH)–C–C–N with tert-alkyl or cyclic N) is 1. The van der Waals surface area contributed by atoms with Gasteiger partial charge < -0.3 is 19.9 Å². The summed E-state index contributed by atoms with van der Waals surface area (Å²) < 4.78 is 11.0. The molecule has 0 radical (unpaired) electrons. The second-order valence-electron chi connectivity index (χ2n) is 9.93. The highest BCUT2D eigenvalue weighted by molar-refractivity contribution is 6.39. The summed E-state index contributed by atoms with van der Waals surface area (Å²) in [5.41, 5.74) is 4.79. The number of methoxy groups -OCH3 is 2. The molecule has 1 aliphatic heterocycles. The number of nitrogens with one attached hydrogen (secondary N) is 1. The first-order valence-corrected chi connectivity index (χ1v) is 13.5. The molecular weight excluding hydrogens is 551 g/mol. The average Bonchev–Trinajstić information content (AvgIpc) is 2.93. The van der Waals surface area contributed by atoms with Crippen molar-refractivity contribution in [2.24, 2.45) is 0 Å². The Hall–Kier alpha value is -3.34. The number of rotatable bonds is 9. The summed E-state index contributed by atoms with van der Waals surface area (Å²) in [5.74, 6) is 0.851. The molecule has 208 valence electrons. The number of likely N-dealkylation sites (tertiary alicyclic amines) is 1. The molecule has 1 aliphatic rings. The molecule has 5 rings (SSSR count). The minimum absolute atomic E-state index is 0.416. The van der Waals surface area contributed by atoms with Gasteiger partial charge in [0.05, 0.1) is 53.6 Å². The second-order valence-corrected chi connectivity index (χ2v) is 10.7. The van der Waals surface area contributed by atoms with Crippen LogP contribution in [0, 0.1) is 0 Å². The summed E-state index contributed by atoms with van der Waals surface area (Å²) in [4.78, 5) is 20.6. The van der Waals surface area contributed by atoms with Crippen molar-refractivity contribution in [3.63, 3.8) is 0 Å². The molecule has 4 aromatic rings. The maximum atomic E-state index is 10.0. The van der Waals surface area contributed by atoms with Crippen molar-refractivity contribution >= 4 is 23.2 Å². The van der Waals surface area contributed by atoms with Crippen molar-refractivity contribution in [1.82, 2.24) is 30.2 Å². The molecule has 3 heterocycles. The first-order valence-electron chi connectivity index (χ1n) is 12.7. The summed E-state index contributed by atoms with van der Waals surface area (Å²) in [6, 6.07) is 11.4. The standard InChI is InChI=1S/C29H30Cl2N6O3/c1-29(38)15-37(16-29)14-24-28(40-4)36-22(13-34-24)20-10-6-8-18(26(20)31)17-7-5-9-19(25(17)30)21-12-33-23(11-32-2)27(35-21)39-3/h5-10,12-13,32,38H,11,14-16H2,1-4H3. The quantitative estimate of drug-likeness (QED) is 0.286. The van der Waals surface area contributed by atoms with Gasteiger partial charge >= 0.3 is 0 Å². The predicted molar refractivity (Wildman–Crippen MR) is 156 cm³/mol. The third-order valence-electron chi connectivity index (χ3n) is 6.70. The second kappa shape index (κ2) is 11.6. The van der Waals surface area contributed by atoms with E-state index in [-0.39, 0.29) is 0 Å². The normalized spacial score (nSPS) is 14.6. The van der Waals surface area contributed by atoms with E-state index in [4.69, 9.17) is 37.7 Å². The summed E-state index contributed by atoms with van der Waals surface area (Å²) in [7, 11) is 4.97. The van der Waals surface area contributed by atoms with Gasteiger partial charge in [0.2, 0.25) is 11.8 Å². The van der Waals surface area contributed by atoms with Crippen molar-refractivity contribution in [2.75, 3.05) is 34.4 Å². The summed E-state index contributed by atoms with van der Waals surface area (Å²) >= 11 is 13.9. The van der Waals surface area contributed by atoms with Gasteiger partial charge in [-0.15, -0.1) is 0 Å². The van der Waals surface area contributed by atoms with Crippen LogP contribution in [0.2, 0.25) is 10.0 Å². The van der Waals surface area contributed by atoms with E-state index in [1.165, 1.54) is 0 Å². The Morgan fingerprint density at radius 1 is 0.850 bits per heavy atom. The first-order chi connectivity index (χ1) is 19.2. The predicted octanol–water partition coefficient (Wildman–Crippen LogP) is 4.88. The third kappa shape index (κ3) is 5.61. The summed E-state index contributed by atoms with van der Waals surface area (Å²) in [6.45, 7) is 4.03. The van der Waals surface area contributed by atoms with Crippen LogP contribution in [0.15, 0.2) is 48.8 Å². The molecule has 0 spiro atoms. The van der Waals surface area contributed by atoms with Crippen LogP contribution >= 0.6 is 23.2 Å². The number of aromatic nitrogens is 4. The van der Waals surface area contributed by atoms with E-state index < -0.39 is 5.60 Å². The van der Waals surface area contributed by atoms with E-state index in [1.54, 1.807) is 26.6 Å². The molecule has 9 nitrogen and oxygen atoms in total. The molecule has 0 atom stereocenters. The molecule has 2 aromatic carbocycles. The zero-order chi connectivity index (χ0) is 28.4. The molecule has 2 N–H and O–H groups in total. The smallest absolute Gasteiger partial charge is 0.237 e. The number of hydrogen-bond donors (Lipinski definition) is 2. The molecule has 2 aromatic heterocycles. The van der Waals surface area contributed by atoms with Crippen molar-refractivity contribution < 1.29 is 14.6 Å². The average molecular weight is 582 g/mol. The van der Waals surface area contributed by atoms with E-state index >= 15 is 0 Å². The van der Waals surface area contributed by atoms with Crippen LogP contribution in [-0.2, 0) is 13.1 Å². The number of halogens is 2. The Kier molecular flexibility index (Phi) is 8.21. The maximum Gasteiger partial charge on any atom is 0.237 e. The Balaban J connectivity index is 1.49. The fourth-order valence-electron chi connectivity index (χ4n) is 4.89. The molecule has 1 fully saturated rings. The van der Waals surface area contributed by atoms with Gasteiger partial charge in [0.25, 0.3) is 0 Å². The highest BCUT2D eigenvalue weighted by Crippen LogP contribution is 2.42. The van der Waals surface area contributed by atoms with Gasteiger partial charge in [-0.1, -0.05) is 59.6 Å². The zero-order valence-corrected chi connectivity index (χ0v) is 24.2. The number of hydrogen-bond acceptors (Lipinski definition) is 9. The Morgan fingerprint density at radius 3 is 1.80 bits per heavy atom. The van der Waals surface area contributed by atoms with Gasteiger partial charge in [-0.05, 0) is 14.0 Å². The molecule has 0 saturated carbocycles. The zero-order valence-electron chi connectivity index (χ0n) is 22.7. The van der Waals surface area contributed by atoms with Crippen LogP contribution in [0.3, 0.4) is 0 Å². The van der Waals surface area contributed by atoms with Gasteiger partial charge in [-0.3, -0.25) is 14.9 Å². The first kappa shape index (κ1) is 28.2. The van der Waals surface area contributed by atoms with Crippen LogP contribution < -0.4 is 14.8 Å². The highest BCUT2D eigenvalue weighted by Gasteiger charge is 2.37. The Morgan fingerprint density at radius 2 is 1.32 bits per heavy atom. The van der Waals surface area contributed by atoms with Crippen LogP contribution in [0.5, 0.6) is 11.8 Å². The number of benzene rings is 2. The highest BCUT2D eigenvalue weighted by atomic mass is 35.5. The molecular formula is C29H30Cl2N6O3. The minimum Gasteiger partial charge on any atom is -0.480 e. The van der Waals surface area contributed by atoms with Crippen LogP contribution in [0.4, 0.5) is 0 Å². The minimum atomic E-state index is -0.665. The topological polar surface area (TPSA) is 106 Å². The lowest BCUT2D eigenvalue weighted by atomic mass is 9.97. The lowest BCUT2D eigenvalue weighted by Gasteiger charge is -2.44. The van der Waals surface area contributed by atoms with E-state index in [2.05, 4.69) is 25.2 Å². The van der Waals surface area contributed by atoms with Crippen LogP contribution in [0.25, 0.3) is 33.6 Å². The molecule has 1 saturated heterocycles. The van der Waals surface area contributed by atoms with Gasteiger partial charge in [-0.2, -0.15) is 0 Å². The van der Waals surface area contributed by atoms with Crippen molar-refractivity contribution in [2.45, 2.75) is 25.6 Å². The van der Waals surface area contributed by atoms with Gasteiger partial charge in [-0.25, -0.2) is 9.97 Å². The van der Waals surface area contributed by atoms with Crippen LogP contribution in [0.1, 0.15) is 18.3 Å². The number of ether oxygens (including phenoxy) is 2. The molecule has 40 heavy (non-hydrogen) atoms. The SMILES string of the molecule is CNCc1ncc(-c2cccc(-c3cccc(-c4cnc(CN5CC(C)(O)C5)c(OC)n4)c3Cl)c2Cl)nc1OC. The van der Waals surface area contributed by atoms with Gasteiger partial charge in [0.1, 0.15) is 11.4 Å². The van der Waals surface area contributed by atoms with E-state index in [0.717, 1.165) is 11.1 Å². The number of nitrogens with zero attached hydrogens (tertiary/aromatic N) is 5. The fraction of sp³-hybridized carbons (Fsp3) is 0.310. The molecule has 0 bridgehead atoms. The van der Waals surface area contributed by atoms with Crippen molar-refractivity contribution in [1.29, 1.82) is 0 Å². The van der Waals surface area contributed by atoms with Crippen LogP contribution in [-0.4, -0.2) is 69.9 Å². The lowest BCUT2D eigenvalue weighted by molar-refractivity contribution is -0.0878. The third-order valence-corrected chi connectivity index (χ3v) is 7.51. The molecule has 11 heteroatoms. The van der Waals surface area contributed by atoms with E-state index in [0.29, 0.717) is 81.9 Å². The summed E-state index contributed by atoms with van der Waals surface area (Å²) in [5, 5.41) is 14.1. The molecule has 0 amide bonds. The molecule has 0 unspecified atom stereocenters. The Labute approximate surface area is 243 Å². The number of aliphatic hydroxyl groups is 1. The van der Waals surface area contributed by atoms with E-state index in [1.807, 2.05) is 50.4 Å². The van der Waals surface area contributed by atoms with Crippen molar-refractivity contribution in [3.05, 3.63) is 70.2 Å². The molecule has 0 aliphatic carbocycles. The van der Waals surface area contributed by atoms with Gasteiger partial charge in [0.15, 0.2) is 0 Å².